The number of nitrogens with zero attached hydrogens (tertiary/aromatic N) is 2. The average molecular weight is 385 g/mol. The Hall–Kier alpha value is -2.38. The van der Waals surface area contributed by atoms with Gasteiger partial charge in [-0.1, -0.05) is 23.7 Å². The molecule has 1 aromatic heterocycles. The van der Waals surface area contributed by atoms with Gasteiger partial charge < -0.3 is 5.11 Å². The van der Waals surface area contributed by atoms with E-state index in [0.29, 0.717) is 16.6 Å². The fourth-order valence-electron chi connectivity index (χ4n) is 2.60. The van der Waals surface area contributed by atoms with Crippen LogP contribution in [0.4, 0.5) is 17.6 Å². The quantitative estimate of drug-likeness (QED) is 0.650. The lowest BCUT2D eigenvalue weighted by molar-refractivity contribution is -0.137. The van der Waals surface area contributed by atoms with E-state index in [1.807, 2.05) is 0 Å². The lowest BCUT2D eigenvalue weighted by Gasteiger charge is -2.09. The molecule has 0 aliphatic carbocycles. The van der Waals surface area contributed by atoms with Crippen LogP contribution >= 0.6 is 11.6 Å². The standard InChI is InChI=1S/C18H13ClF4N2O/c19-15-9-13(20)5-3-11(15)10-25-17-8-12(18(21,22)23)4-6-14(17)16(24-25)2-1-7-26/h1-6,8-9,26H,7,10H2/b2-1+. The summed E-state index contributed by atoms with van der Waals surface area (Å²) in [5.74, 6) is -0.505. The molecule has 0 unspecified atom stereocenters. The van der Waals surface area contributed by atoms with Crippen molar-refractivity contribution in [2.45, 2.75) is 12.7 Å². The molecule has 3 rings (SSSR count). The molecule has 0 amide bonds. The molecule has 0 spiro atoms. The van der Waals surface area contributed by atoms with Gasteiger partial charge in [0, 0.05) is 10.4 Å². The molecule has 0 saturated heterocycles. The Morgan fingerprint density at radius 1 is 1.15 bits per heavy atom. The number of fused-ring (bicyclic) bond motifs is 1. The Morgan fingerprint density at radius 2 is 1.92 bits per heavy atom. The summed E-state index contributed by atoms with van der Waals surface area (Å²) in [6, 6.07) is 7.15. The molecule has 0 atom stereocenters. The maximum absolute atomic E-state index is 13.2. The van der Waals surface area contributed by atoms with Crippen LogP contribution in [0.3, 0.4) is 0 Å². The lowest BCUT2D eigenvalue weighted by atomic mass is 10.1. The van der Waals surface area contributed by atoms with Crippen molar-refractivity contribution in [3.8, 4) is 0 Å². The largest absolute Gasteiger partial charge is 0.416 e. The number of aliphatic hydroxyl groups excluding tert-OH is 1. The topological polar surface area (TPSA) is 38.1 Å². The van der Waals surface area contributed by atoms with Gasteiger partial charge in [0.05, 0.1) is 29.9 Å². The first-order valence-electron chi connectivity index (χ1n) is 7.58. The maximum atomic E-state index is 13.2. The molecule has 2 aromatic carbocycles. The molecule has 8 heteroatoms. The third kappa shape index (κ3) is 3.73. The van der Waals surface area contributed by atoms with Crippen molar-refractivity contribution in [1.29, 1.82) is 0 Å². The van der Waals surface area contributed by atoms with E-state index in [1.54, 1.807) is 0 Å². The lowest BCUT2D eigenvalue weighted by Crippen LogP contribution is -2.06. The summed E-state index contributed by atoms with van der Waals surface area (Å²) < 4.78 is 53.7. The van der Waals surface area contributed by atoms with E-state index in [0.717, 1.165) is 18.2 Å². The van der Waals surface area contributed by atoms with Gasteiger partial charge in [-0.15, -0.1) is 0 Å². The average Bonchev–Trinajstić information content (AvgIpc) is 2.92. The van der Waals surface area contributed by atoms with Crippen molar-refractivity contribution in [3.05, 3.63) is 70.1 Å². The molecule has 1 N–H and O–H groups in total. The van der Waals surface area contributed by atoms with Crippen LogP contribution in [-0.4, -0.2) is 21.5 Å². The van der Waals surface area contributed by atoms with Crippen molar-refractivity contribution in [2.75, 3.05) is 6.61 Å². The molecule has 3 aromatic rings. The molecule has 26 heavy (non-hydrogen) atoms. The van der Waals surface area contributed by atoms with Crippen molar-refractivity contribution in [2.24, 2.45) is 0 Å². The van der Waals surface area contributed by atoms with E-state index in [-0.39, 0.29) is 23.7 Å². The van der Waals surface area contributed by atoms with E-state index in [2.05, 4.69) is 5.10 Å². The molecule has 0 saturated carbocycles. The predicted octanol–water partition coefficient (Wildman–Crippen LogP) is 4.90. The third-order valence-electron chi connectivity index (χ3n) is 3.82. The zero-order chi connectivity index (χ0) is 18.9. The zero-order valence-corrected chi connectivity index (χ0v) is 14.0. The highest BCUT2D eigenvalue weighted by Crippen LogP contribution is 2.33. The molecular formula is C18H13ClF4N2O. The molecule has 0 aliphatic rings. The monoisotopic (exact) mass is 384 g/mol. The van der Waals surface area contributed by atoms with E-state index in [9.17, 15) is 17.6 Å². The third-order valence-corrected chi connectivity index (χ3v) is 4.18. The molecule has 136 valence electrons. The van der Waals surface area contributed by atoms with Crippen LogP contribution in [0.5, 0.6) is 0 Å². The fraction of sp³-hybridized carbons (Fsp3) is 0.167. The van der Waals surface area contributed by atoms with Gasteiger partial charge in [0.2, 0.25) is 0 Å². The molecule has 0 radical (unpaired) electrons. The van der Waals surface area contributed by atoms with E-state index < -0.39 is 17.6 Å². The van der Waals surface area contributed by atoms with Gasteiger partial charge in [0.15, 0.2) is 0 Å². The summed E-state index contributed by atoms with van der Waals surface area (Å²) in [4.78, 5) is 0. The second-order valence-corrected chi connectivity index (χ2v) is 6.00. The summed E-state index contributed by atoms with van der Waals surface area (Å²) in [7, 11) is 0. The molecule has 1 heterocycles. The highest BCUT2D eigenvalue weighted by Gasteiger charge is 2.31. The van der Waals surface area contributed by atoms with Gasteiger partial charge in [-0.3, -0.25) is 4.68 Å². The molecular weight excluding hydrogens is 372 g/mol. The zero-order valence-electron chi connectivity index (χ0n) is 13.3. The van der Waals surface area contributed by atoms with E-state index in [4.69, 9.17) is 16.7 Å². The fourth-order valence-corrected chi connectivity index (χ4v) is 2.82. The Labute approximate surface area is 151 Å². The summed E-state index contributed by atoms with van der Waals surface area (Å²) >= 11 is 6.02. The normalized spacial score (nSPS) is 12.4. The van der Waals surface area contributed by atoms with Gasteiger partial charge in [-0.25, -0.2) is 4.39 Å². The number of hydrogen-bond acceptors (Lipinski definition) is 2. The van der Waals surface area contributed by atoms with Gasteiger partial charge >= 0.3 is 6.18 Å². The first-order valence-corrected chi connectivity index (χ1v) is 7.96. The minimum absolute atomic E-state index is 0.0733. The number of aliphatic hydroxyl groups is 1. The predicted molar refractivity (Wildman–Crippen MR) is 91.4 cm³/mol. The first kappa shape index (κ1) is 18.4. The number of alkyl halides is 3. The minimum Gasteiger partial charge on any atom is -0.392 e. The SMILES string of the molecule is OC/C=C/c1nn(Cc2ccc(F)cc2Cl)c2cc(C(F)(F)F)ccc12. The van der Waals surface area contributed by atoms with Crippen molar-refractivity contribution in [3.63, 3.8) is 0 Å². The molecule has 0 aliphatic heterocycles. The number of halogens is 5. The summed E-state index contributed by atoms with van der Waals surface area (Å²) in [6.45, 7) is -0.150. The van der Waals surface area contributed by atoms with Crippen LogP contribution in [-0.2, 0) is 12.7 Å². The van der Waals surface area contributed by atoms with Crippen LogP contribution in [0.1, 0.15) is 16.8 Å². The van der Waals surface area contributed by atoms with Crippen LogP contribution in [0.25, 0.3) is 17.0 Å². The number of aromatic nitrogens is 2. The Bertz CT molecular complexity index is 979. The van der Waals surface area contributed by atoms with Gasteiger partial charge in [-0.05, 0) is 42.0 Å². The van der Waals surface area contributed by atoms with Gasteiger partial charge in [0.25, 0.3) is 0 Å². The Morgan fingerprint density at radius 3 is 2.58 bits per heavy atom. The summed E-state index contributed by atoms with van der Waals surface area (Å²) in [6.07, 6.45) is -1.52. The molecule has 3 nitrogen and oxygen atoms in total. The number of benzene rings is 2. The van der Waals surface area contributed by atoms with Crippen LogP contribution in [0.15, 0.2) is 42.5 Å². The van der Waals surface area contributed by atoms with Crippen molar-refractivity contribution in [1.82, 2.24) is 9.78 Å². The van der Waals surface area contributed by atoms with Crippen LogP contribution < -0.4 is 0 Å². The van der Waals surface area contributed by atoms with Crippen LogP contribution in [0, 0.1) is 5.82 Å². The number of hydrogen-bond donors (Lipinski definition) is 1. The first-order chi connectivity index (χ1) is 12.3. The second-order valence-electron chi connectivity index (χ2n) is 5.59. The second kappa shape index (κ2) is 7.09. The van der Waals surface area contributed by atoms with E-state index in [1.165, 1.54) is 35.0 Å². The minimum atomic E-state index is -4.49. The van der Waals surface area contributed by atoms with Crippen molar-refractivity contribution < 1.29 is 22.7 Å². The summed E-state index contributed by atoms with van der Waals surface area (Å²) in [5.41, 5.74) is 0.403. The van der Waals surface area contributed by atoms with E-state index >= 15 is 0 Å². The number of rotatable bonds is 4. The highest BCUT2D eigenvalue weighted by atomic mass is 35.5. The Kier molecular flexibility index (Phi) is 5.02. The van der Waals surface area contributed by atoms with Crippen LogP contribution in [0.2, 0.25) is 5.02 Å². The smallest absolute Gasteiger partial charge is 0.392 e. The van der Waals surface area contributed by atoms with Gasteiger partial charge in [0.1, 0.15) is 5.82 Å². The van der Waals surface area contributed by atoms with Crippen molar-refractivity contribution >= 4 is 28.6 Å². The molecule has 0 fully saturated rings. The molecule has 0 bridgehead atoms. The Balaban J connectivity index is 2.14. The maximum Gasteiger partial charge on any atom is 0.416 e. The highest BCUT2D eigenvalue weighted by molar-refractivity contribution is 6.31. The van der Waals surface area contributed by atoms with Gasteiger partial charge in [-0.2, -0.15) is 18.3 Å². The summed E-state index contributed by atoms with van der Waals surface area (Å²) in [5, 5.41) is 13.9.